The Morgan fingerprint density at radius 3 is 2.21 bits per heavy atom. The van der Waals surface area contributed by atoms with Crippen molar-refractivity contribution < 1.29 is 8.42 Å². The van der Waals surface area contributed by atoms with Crippen LogP contribution in [0.5, 0.6) is 0 Å². The van der Waals surface area contributed by atoms with E-state index in [1.54, 1.807) is 12.1 Å². The summed E-state index contributed by atoms with van der Waals surface area (Å²) in [6.45, 7) is 5.39. The number of anilines is 1. The topological polar surface area (TPSA) is 64.7 Å². The highest BCUT2D eigenvalue weighted by Gasteiger charge is 2.18. The molecule has 0 unspecified atom stereocenters. The molecule has 8 heteroatoms. The molecular formula is C20H26N4O2S2. The van der Waals surface area contributed by atoms with Crippen LogP contribution < -0.4 is 10.0 Å². The second kappa shape index (κ2) is 9.36. The van der Waals surface area contributed by atoms with Gasteiger partial charge in [-0.3, -0.25) is 9.62 Å². The number of hydrogen-bond donors (Lipinski definition) is 2. The molecule has 0 atom stereocenters. The van der Waals surface area contributed by atoms with Crippen molar-refractivity contribution in [3.63, 3.8) is 0 Å². The SMILES string of the molecule is CS(=O)(=O)Nc1ccc(CNC(=S)N2CCN(Cc3ccccc3)CC2)cc1. The van der Waals surface area contributed by atoms with Crippen molar-refractivity contribution in [2.75, 3.05) is 37.2 Å². The Hall–Kier alpha value is -2.16. The summed E-state index contributed by atoms with van der Waals surface area (Å²) in [5.41, 5.74) is 2.94. The Morgan fingerprint density at radius 2 is 1.61 bits per heavy atom. The highest BCUT2D eigenvalue weighted by atomic mass is 32.2. The van der Waals surface area contributed by atoms with Crippen molar-refractivity contribution in [3.05, 3.63) is 65.7 Å². The third kappa shape index (κ3) is 6.47. The van der Waals surface area contributed by atoms with Gasteiger partial charge in [0.15, 0.2) is 5.11 Å². The first-order valence-corrected chi connectivity index (χ1v) is 11.5. The fourth-order valence-electron chi connectivity index (χ4n) is 3.14. The van der Waals surface area contributed by atoms with Crippen molar-refractivity contribution in [1.82, 2.24) is 15.1 Å². The summed E-state index contributed by atoms with van der Waals surface area (Å²) in [6, 6.07) is 17.8. The number of sulfonamides is 1. The van der Waals surface area contributed by atoms with Crippen LogP contribution in [0.1, 0.15) is 11.1 Å². The molecule has 0 bridgehead atoms. The summed E-state index contributed by atoms with van der Waals surface area (Å²) in [6.07, 6.45) is 1.14. The van der Waals surface area contributed by atoms with Crippen LogP contribution in [0.25, 0.3) is 0 Å². The number of benzene rings is 2. The van der Waals surface area contributed by atoms with Gasteiger partial charge in [-0.25, -0.2) is 8.42 Å². The highest BCUT2D eigenvalue weighted by molar-refractivity contribution is 7.92. The van der Waals surface area contributed by atoms with E-state index in [-0.39, 0.29) is 0 Å². The first-order valence-electron chi connectivity index (χ1n) is 9.25. The summed E-state index contributed by atoms with van der Waals surface area (Å²) >= 11 is 5.54. The van der Waals surface area contributed by atoms with E-state index in [4.69, 9.17) is 12.2 Å². The van der Waals surface area contributed by atoms with Gasteiger partial charge < -0.3 is 10.2 Å². The lowest BCUT2D eigenvalue weighted by Gasteiger charge is -2.36. The fraction of sp³-hybridized carbons (Fsp3) is 0.350. The zero-order chi connectivity index (χ0) is 20.0. The summed E-state index contributed by atoms with van der Waals surface area (Å²) < 4.78 is 25.0. The minimum Gasteiger partial charge on any atom is -0.358 e. The largest absolute Gasteiger partial charge is 0.358 e. The smallest absolute Gasteiger partial charge is 0.229 e. The highest BCUT2D eigenvalue weighted by Crippen LogP contribution is 2.12. The number of piperazine rings is 1. The Labute approximate surface area is 172 Å². The molecule has 0 aliphatic carbocycles. The van der Waals surface area contributed by atoms with E-state index in [0.717, 1.165) is 49.7 Å². The number of thiocarbonyl (C=S) groups is 1. The third-order valence-corrected chi connectivity index (χ3v) is 5.62. The second-order valence-corrected chi connectivity index (χ2v) is 9.11. The summed E-state index contributed by atoms with van der Waals surface area (Å²) in [7, 11) is -3.25. The van der Waals surface area contributed by atoms with Gasteiger partial charge in [0.2, 0.25) is 10.0 Å². The van der Waals surface area contributed by atoms with E-state index in [9.17, 15) is 8.42 Å². The number of nitrogens with zero attached hydrogens (tertiary/aromatic N) is 2. The lowest BCUT2D eigenvalue weighted by Crippen LogP contribution is -2.51. The third-order valence-electron chi connectivity index (χ3n) is 4.61. The lowest BCUT2D eigenvalue weighted by molar-refractivity contribution is 0.174. The van der Waals surface area contributed by atoms with E-state index in [1.165, 1.54) is 5.56 Å². The van der Waals surface area contributed by atoms with Gasteiger partial charge in [0.25, 0.3) is 0 Å². The van der Waals surface area contributed by atoms with E-state index < -0.39 is 10.0 Å². The molecule has 1 saturated heterocycles. The number of nitrogens with one attached hydrogen (secondary N) is 2. The average Bonchev–Trinajstić information content (AvgIpc) is 2.67. The van der Waals surface area contributed by atoms with Gasteiger partial charge in [-0.05, 0) is 35.5 Å². The molecule has 0 amide bonds. The molecule has 1 aliphatic rings. The minimum atomic E-state index is -3.25. The van der Waals surface area contributed by atoms with Crippen LogP contribution in [0, 0.1) is 0 Å². The monoisotopic (exact) mass is 418 g/mol. The van der Waals surface area contributed by atoms with Crippen molar-refractivity contribution in [2.45, 2.75) is 13.1 Å². The van der Waals surface area contributed by atoms with E-state index in [2.05, 4.69) is 44.1 Å². The molecule has 2 aromatic rings. The maximum absolute atomic E-state index is 11.3. The van der Waals surface area contributed by atoms with Crippen LogP contribution in [0.3, 0.4) is 0 Å². The molecule has 1 fully saturated rings. The van der Waals surface area contributed by atoms with Crippen LogP contribution in [-0.4, -0.2) is 55.8 Å². The first-order chi connectivity index (χ1) is 13.4. The molecule has 6 nitrogen and oxygen atoms in total. The molecule has 0 radical (unpaired) electrons. The molecule has 3 rings (SSSR count). The zero-order valence-corrected chi connectivity index (χ0v) is 17.6. The molecule has 0 spiro atoms. The predicted octanol–water partition coefficient (Wildman–Crippen LogP) is 2.25. The van der Waals surface area contributed by atoms with Gasteiger partial charge in [-0.2, -0.15) is 0 Å². The Morgan fingerprint density at radius 1 is 0.964 bits per heavy atom. The molecule has 0 saturated carbocycles. The van der Waals surface area contributed by atoms with E-state index in [1.807, 2.05) is 18.2 Å². The van der Waals surface area contributed by atoms with Gasteiger partial charge in [0.05, 0.1) is 6.26 Å². The first kappa shape index (κ1) is 20.6. The van der Waals surface area contributed by atoms with Crippen LogP contribution in [0.4, 0.5) is 5.69 Å². The van der Waals surface area contributed by atoms with Crippen molar-refractivity contribution in [1.29, 1.82) is 0 Å². The van der Waals surface area contributed by atoms with Crippen LogP contribution in [0.15, 0.2) is 54.6 Å². The van der Waals surface area contributed by atoms with Gasteiger partial charge in [-0.1, -0.05) is 42.5 Å². The molecular weight excluding hydrogens is 392 g/mol. The van der Waals surface area contributed by atoms with Crippen LogP contribution >= 0.6 is 12.2 Å². The molecule has 0 aromatic heterocycles. The molecule has 1 heterocycles. The maximum atomic E-state index is 11.3. The van der Waals surface area contributed by atoms with Gasteiger partial charge in [-0.15, -0.1) is 0 Å². The standard InChI is InChI=1S/C20H26N4O2S2/c1-28(25,26)22-19-9-7-17(8-10-19)15-21-20(27)24-13-11-23(12-14-24)16-18-5-3-2-4-6-18/h2-10,22H,11-16H2,1H3,(H,21,27). The minimum absolute atomic E-state index is 0.559. The summed E-state index contributed by atoms with van der Waals surface area (Å²) in [5.74, 6) is 0. The van der Waals surface area contributed by atoms with Gasteiger partial charge in [0, 0.05) is 45.0 Å². The number of rotatable bonds is 6. The van der Waals surface area contributed by atoms with E-state index >= 15 is 0 Å². The summed E-state index contributed by atoms with van der Waals surface area (Å²) in [5, 5.41) is 4.06. The zero-order valence-electron chi connectivity index (χ0n) is 16.0. The van der Waals surface area contributed by atoms with Crippen molar-refractivity contribution in [3.8, 4) is 0 Å². The maximum Gasteiger partial charge on any atom is 0.229 e. The molecule has 28 heavy (non-hydrogen) atoms. The Bertz CT molecular complexity index is 878. The normalized spacial score (nSPS) is 15.2. The average molecular weight is 419 g/mol. The van der Waals surface area contributed by atoms with Gasteiger partial charge in [0.1, 0.15) is 0 Å². The van der Waals surface area contributed by atoms with Crippen molar-refractivity contribution >= 4 is 33.0 Å². The van der Waals surface area contributed by atoms with Crippen LogP contribution in [-0.2, 0) is 23.1 Å². The van der Waals surface area contributed by atoms with E-state index in [0.29, 0.717) is 12.2 Å². The molecule has 1 aliphatic heterocycles. The second-order valence-electron chi connectivity index (χ2n) is 6.98. The molecule has 2 N–H and O–H groups in total. The fourth-order valence-corrected chi connectivity index (χ4v) is 3.96. The lowest BCUT2D eigenvalue weighted by atomic mass is 10.2. The van der Waals surface area contributed by atoms with Crippen molar-refractivity contribution in [2.24, 2.45) is 0 Å². The predicted molar refractivity (Wildman–Crippen MR) is 118 cm³/mol. The molecule has 2 aromatic carbocycles. The number of hydrogen-bond acceptors (Lipinski definition) is 4. The Balaban J connectivity index is 1.42. The van der Waals surface area contributed by atoms with Gasteiger partial charge >= 0.3 is 0 Å². The van der Waals surface area contributed by atoms with Crippen LogP contribution in [0.2, 0.25) is 0 Å². The quantitative estimate of drug-likeness (QED) is 0.702. The Kier molecular flexibility index (Phi) is 6.88. The molecule has 150 valence electrons. The summed E-state index contributed by atoms with van der Waals surface area (Å²) in [4.78, 5) is 4.65.